The summed E-state index contributed by atoms with van der Waals surface area (Å²) < 4.78 is 28.0. The van der Waals surface area contributed by atoms with Crippen LogP contribution in [0.2, 0.25) is 0 Å². The van der Waals surface area contributed by atoms with Gasteiger partial charge in [-0.3, -0.25) is 10.3 Å². The van der Waals surface area contributed by atoms with Crippen LogP contribution in [0.5, 0.6) is 23.0 Å². The van der Waals surface area contributed by atoms with E-state index in [0.29, 0.717) is 35.3 Å². The van der Waals surface area contributed by atoms with E-state index in [2.05, 4.69) is 15.3 Å². The summed E-state index contributed by atoms with van der Waals surface area (Å²) in [5, 5.41) is 0. The number of hydrogen-bond donors (Lipinski definition) is 2. The van der Waals surface area contributed by atoms with E-state index >= 15 is 0 Å². The van der Waals surface area contributed by atoms with Gasteiger partial charge in [0.05, 0.1) is 33.1 Å². The summed E-state index contributed by atoms with van der Waals surface area (Å²) in [6, 6.07) is 12.8. The topological polar surface area (TPSA) is 99.8 Å². The molecule has 0 radical (unpaired) electrons. The van der Waals surface area contributed by atoms with Crippen molar-refractivity contribution in [1.29, 1.82) is 0 Å². The first-order valence-corrected chi connectivity index (χ1v) is 9.70. The van der Waals surface area contributed by atoms with Crippen molar-refractivity contribution in [2.75, 3.05) is 53.7 Å². The molecule has 9 heteroatoms. The predicted octanol–water partition coefficient (Wildman–Crippen LogP) is 1.94. The van der Waals surface area contributed by atoms with Crippen LogP contribution in [0, 0.1) is 0 Å². The fourth-order valence-corrected chi connectivity index (χ4v) is 2.98. The van der Waals surface area contributed by atoms with Gasteiger partial charge in [-0.1, -0.05) is 18.2 Å². The van der Waals surface area contributed by atoms with Gasteiger partial charge >= 0.3 is 6.02 Å². The molecule has 1 aliphatic heterocycles. The number of morpholine rings is 1. The van der Waals surface area contributed by atoms with Gasteiger partial charge in [0, 0.05) is 31.8 Å². The van der Waals surface area contributed by atoms with Crippen LogP contribution >= 0.6 is 0 Å². The van der Waals surface area contributed by atoms with Crippen molar-refractivity contribution < 1.29 is 23.7 Å². The summed E-state index contributed by atoms with van der Waals surface area (Å²) in [5.41, 5.74) is 2.99. The molecule has 2 aromatic carbocycles. The lowest BCUT2D eigenvalue weighted by Crippen LogP contribution is -2.38. The van der Waals surface area contributed by atoms with Gasteiger partial charge < -0.3 is 23.7 Å². The van der Waals surface area contributed by atoms with Gasteiger partial charge in [0.2, 0.25) is 5.75 Å². The quantitative estimate of drug-likeness (QED) is 0.292. The minimum Gasteiger partial charge on any atom is -0.493 e. The Morgan fingerprint density at radius 2 is 1.77 bits per heavy atom. The molecular weight excluding hydrogens is 388 g/mol. The molecule has 1 saturated heterocycles. The number of hydrazine groups is 1. The molecule has 0 bridgehead atoms. The largest absolute Gasteiger partial charge is 0.493 e. The minimum atomic E-state index is 0.131. The number of nitrogens with two attached hydrogens (primary N) is 1. The second kappa shape index (κ2) is 11.2. The van der Waals surface area contributed by atoms with Gasteiger partial charge in [-0.05, 0) is 12.1 Å². The van der Waals surface area contributed by atoms with E-state index in [4.69, 9.17) is 29.5 Å². The van der Waals surface area contributed by atoms with Crippen molar-refractivity contribution in [3.63, 3.8) is 0 Å². The van der Waals surface area contributed by atoms with Gasteiger partial charge in [0.15, 0.2) is 11.5 Å². The highest BCUT2D eigenvalue weighted by Crippen LogP contribution is 2.41. The number of nitrogens with zero attached hydrogens (tertiary/aromatic N) is 2. The third-order valence-corrected chi connectivity index (χ3v) is 4.51. The van der Waals surface area contributed by atoms with E-state index in [1.807, 2.05) is 18.2 Å². The first-order valence-electron chi connectivity index (χ1n) is 9.70. The van der Waals surface area contributed by atoms with Gasteiger partial charge in [0.25, 0.3) is 0 Å². The smallest absolute Gasteiger partial charge is 0.310 e. The van der Waals surface area contributed by atoms with E-state index in [9.17, 15) is 0 Å². The normalized spacial score (nSPS) is 14.8. The van der Waals surface area contributed by atoms with Crippen molar-refractivity contribution in [2.24, 2.45) is 10.8 Å². The number of para-hydroxylation sites is 1. The summed E-state index contributed by atoms with van der Waals surface area (Å²) in [7, 11) is 3.14. The van der Waals surface area contributed by atoms with Gasteiger partial charge in [-0.2, -0.15) is 4.99 Å². The predicted molar refractivity (Wildman–Crippen MR) is 114 cm³/mol. The van der Waals surface area contributed by atoms with E-state index < -0.39 is 0 Å². The zero-order chi connectivity index (χ0) is 21.2. The van der Waals surface area contributed by atoms with Crippen LogP contribution < -0.4 is 30.2 Å². The van der Waals surface area contributed by atoms with Crippen LogP contribution in [0.1, 0.15) is 0 Å². The highest BCUT2D eigenvalue weighted by Gasteiger charge is 2.16. The summed E-state index contributed by atoms with van der Waals surface area (Å²) in [6.07, 6.45) is 0. The van der Waals surface area contributed by atoms with Gasteiger partial charge in [-0.25, -0.2) is 5.84 Å². The lowest BCUT2D eigenvalue weighted by molar-refractivity contribution is 0.0319. The van der Waals surface area contributed by atoms with E-state index in [-0.39, 0.29) is 6.02 Å². The minimum absolute atomic E-state index is 0.131. The number of nitrogens with one attached hydrogen (secondary N) is 1. The Morgan fingerprint density at radius 1 is 1.10 bits per heavy atom. The SMILES string of the molecule is COc1cc(N=C(NN)Oc2ccccc2)cc(OC)c1OCCN1CCOCC1. The maximum absolute atomic E-state index is 5.98. The Morgan fingerprint density at radius 3 is 2.37 bits per heavy atom. The monoisotopic (exact) mass is 416 g/mol. The molecule has 0 unspecified atom stereocenters. The number of rotatable bonds is 8. The molecule has 1 fully saturated rings. The third-order valence-electron chi connectivity index (χ3n) is 4.51. The van der Waals surface area contributed by atoms with E-state index in [0.717, 1.165) is 32.8 Å². The molecule has 9 nitrogen and oxygen atoms in total. The third kappa shape index (κ3) is 5.99. The van der Waals surface area contributed by atoms with Gasteiger partial charge in [-0.15, -0.1) is 0 Å². The van der Waals surface area contributed by atoms with E-state index in [1.165, 1.54) is 0 Å². The first kappa shape index (κ1) is 21.7. The Bertz CT molecular complexity index is 800. The van der Waals surface area contributed by atoms with Crippen LogP contribution in [0.25, 0.3) is 0 Å². The van der Waals surface area contributed by atoms with Crippen LogP contribution in [0.15, 0.2) is 47.5 Å². The second-order valence-corrected chi connectivity index (χ2v) is 6.46. The van der Waals surface area contributed by atoms with Crippen molar-refractivity contribution in [1.82, 2.24) is 10.3 Å². The van der Waals surface area contributed by atoms with Crippen molar-refractivity contribution in [2.45, 2.75) is 0 Å². The number of hydrogen-bond acceptors (Lipinski definition) is 8. The fourth-order valence-electron chi connectivity index (χ4n) is 2.98. The Labute approximate surface area is 176 Å². The van der Waals surface area contributed by atoms with Gasteiger partial charge in [0.1, 0.15) is 12.4 Å². The number of ether oxygens (including phenoxy) is 5. The summed E-state index contributed by atoms with van der Waals surface area (Å²) in [4.78, 5) is 6.70. The highest BCUT2D eigenvalue weighted by molar-refractivity contribution is 5.79. The van der Waals surface area contributed by atoms with Crippen LogP contribution in [-0.2, 0) is 4.74 Å². The molecule has 0 spiro atoms. The summed E-state index contributed by atoms with van der Waals surface area (Å²) in [5.74, 6) is 7.71. The lowest BCUT2D eigenvalue weighted by Gasteiger charge is -2.26. The number of methoxy groups -OCH3 is 2. The molecule has 3 rings (SSSR count). The van der Waals surface area contributed by atoms with E-state index in [1.54, 1.807) is 38.5 Å². The average Bonchev–Trinajstić information content (AvgIpc) is 2.80. The lowest BCUT2D eigenvalue weighted by atomic mass is 10.2. The molecule has 0 amide bonds. The number of benzene rings is 2. The Hall–Kier alpha value is -3.01. The van der Waals surface area contributed by atoms with Crippen LogP contribution in [0.3, 0.4) is 0 Å². The first-order chi connectivity index (χ1) is 14.7. The molecule has 0 aliphatic carbocycles. The molecule has 1 heterocycles. The zero-order valence-electron chi connectivity index (χ0n) is 17.3. The number of aliphatic imine (C=N–C) groups is 1. The average molecular weight is 416 g/mol. The van der Waals surface area contributed by atoms with Crippen LogP contribution in [-0.4, -0.2) is 64.6 Å². The molecule has 162 valence electrons. The Balaban J connectivity index is 1.74. The maximum atomic E-state index is 5.98. The molecular formula is C21H28N4O5. The molecule has 2 aromatic rings. The molecule has 0 saturated carbocycles. The summed E-state index contributed by atoms with van der Waals surface area (Å²) in [6.45, 7) is 4.61. The van der Waals surface area contributed by atoms with Crippen molar-refractivity contribution in [3.05, 3.63) is 42.5 Å². The second-order valence-electron chi connectivity index (χ2n) is 6.46. The fraction of sp³-hybridized carbons (Fsp3) is 0.381. The molecule has 30 heavy (non-hydrogen) atoms. The standard InChI is InChI=1S/C21H28N4O5/c1-26-18-14-16(23-21(24-22)30-17-6-4-3-5-7-17)15-19(27-2)20(18)29-13-10-25-8-11-28-12-9-25/h3-7,14-15H,8-13,22H2,1-2H3,(H,23,24). The van der Waals surface area contributed by atoms with Crippen LogP contribution in [0.4, 0.5) is 5.69 Å². The molecule has 0 atom stereocenters. The van der Waals surface area contributed by atoms with Crippen molar-refractivity contribution >= 4 is 11.7 Å². The Kier molecular flexibility index (Phi) is 8.13. The summed E-state index contributed by atoms with van der Waals surface area (Å²) >= 11 is 0. The number of amidine groups is 1. The molecule has 3 N–H and O–H groups in total. The maximum Gasteiger partial charge on any atom is 0.310 e. The molecule has 1 aliphatic rings. The molecule has 0 aromatic heterocycles. The highest BCUT2D eigenvalue weighted by atomic mass is 16.5. The van der Waals surface area contributed by atoms with Crippen molar-refractivity contribution in [3.8, 4) is 23.0 Å². The zero-order valence-corrected chi connectivity index (χ0v) is 17.3.